The number of hydrogen-bond donors (Lipinski definition) is 1. The highest BCUT2D eigenvalue weighted by atomic mass is 79.9. The molecule has 0 aliphatic carbocycles. The number of ether oxygens (including phenoxy) is 1. The number of thiazole rings is 1. The molecule has 1 fully saturated rings. The molecule has 4 rings (SSSR count). The summed E-state index contributed by atoms with van der Waals surface area (Å²) in [6.07, 6.45) is 3.50. The normalized spacial score (nSPS) is 17.7. The van der Waals surface area contributed by atoms with E-state index in [-0.39, 0.29) is 11.3 Å². The van der Waals surface area contributed by atoms with Crippen LogP contribution in [0.5, 0.6) is 5.75 Å². The molecule has 1 N–H and O–H groups in total. The van der Waals surface area contributed by atoms with Crippen molar-refractivity contribution in [2.24, 2.45) is 0 Å². The smallest absolute Gasteiger partial charge is 0.301 e. The molecule has 164 valence electrons. The van der Waals surface area contributed by atoms with Crippen LogP contribution in [0.25, 0.3) is 5.76 Å². The number of carbonyl (C=O) groups is 2. The van der Waals surface area contributed by atoms with Crippen LogP contribution in [0.15, 0.2) is 70.2 Å². The van der Waals surface area contributed by atoms with Crippen molar-refractivity contribution in [1.29, 1.82) is 0 Å². The first-order chi connectivity index (χ1) is 15.5. The van der Waals surface area contributed by atoms with Gasteiger partial charge in [0.05, 0.1) is 18.2 Å². The van der Waals surface area contributed by atoms with Gasteiger partial charge in [-0.2, -0.15) is 0 Å². The summed E-state index contributed by atoms with van der Waals surface area (Å²) in [5.41, 5.74) is 1.12. The van der Waals surface area contributed by atoms with Crippen molar-refractivity contribution >= 4 is 49.8 Å². The number of carbonyl (C=O) groups excluding carboxylic acids is 2. The molecule has 1 atom stereocenters. The standard InChI is InChI=1S/C24H21BrN2O4S/c1-2-3-11-31-18-9-5-7-16(14-18)21(28)19-20(15-6-4-8-17(25)13-15)27(23(30)22(19)29)24-26-10-12-32-24/h4-10,12-14,20,28H,2-3,11H2,1H3/b21-19+. The quantitative estimate of drug-likeness (QED) is 0.190. The van der Waals surface area contributed by atoms with Crippen LogP contribution in [0.4, 0.5) is 5.13 Å². The van der Waals surface area contributed by atoms with Crippen LogP contribution in [0.1, 0.15) is 36.9 Å². The highest BCUT2D eigenvalue weighted by Gasteiger charge is 2.48. The minimum absolute atomic E-state index is 0.0222. The number of hydrogen-bond acceptors (Lipinski definition) is 6. The third-order valence-corrected chi connectivity index (χ3v) is 6.37. The third-order valence-electron chi connectivity index (χ3n) is 5.11. The Hall–Kier alpha value is -2.97. The summed E-state index contributed by atoms with van der Waals surface area (Å²) in [5, 5.41) is 13.4. The lowest BCUT2D eigenvalue weighted by molar-refractivity contribution is -0.132. The Kier molecular flexibility index (Phi) is 6.72. The maximum Gasteiger partial charge on any atom is 0.301 e. The van der Waals surface area contributed by atoms with E-state index in [2.05, 4.69) is 27.8 Å². The van der Waals surface area contributed by atoms with Crippen LogP contribution >= 0.6 is 27.3 Å². The Morgan fingerprint density at radius 2 is 2.03 bits per heavy atom. The fraction of sp³-hybridized carbons (Fsp3) is 0.208. The topological polar surface area (TPSA) is 79.7 Å². The number of amides is 1. The number of ketones is 1. The Morgan fingerprint density at radius 1 is 1.22 bits per heavy atom. The van der Waals surface area contributed by atoms with Crippen molar-refractivity contribution in [3.8, 4) is 5.75 Å². The fourth-order valence-corrected chi connectivity index (χ4v) is 4.66. The molecule has 1 unspecified atom stereocenters. The number of Topliss-reactive ketones (excluding diaryl/α,β-unsaturated/α-hetero) is 1. The third kappa shape index (κ3) is 4.33. The molecule has 0 radical (unpaired) electrons. The maximum atomic E-state index is 13.1. The van der Waals surface area contributed by atoms with Gasteiger partial charge in [-0.25, -0.2) is 4.98 Å². The van der Waals surface area contributed by atoms with Gasteiger partial charge in [-0.15, -0.1) is 11.3 Å². The highest BCUT2D eigenvalue weighted by molar-refractivity contribution is 9.10. The number of aromatic nitrogens is 1. The number of aliphatic hydroxyl groups is 1. The number of nitrogens with zero attached hydrogens (tertiary/aromatic N) is 2. The van der Waals surface area contributed by atoms with Gasteiger partial charge in [0.2, 0.25) is 0 Å². The molecule has 1 amide bonds. The molecule has 0 saturated carbocycles. The van der Waals surface area contributed by atoms with Gasteiger partial charge in [0.15, 0.2) is 5.13 Å². The molecule has 3 aromatic rings. The molecular formula is C24H21BrN2O4S. The van der Waals surface area contributed by atoms with Gasteiger partial charge in [-0.3, -0.25) is 14.5 Å². The molecule has 8 heteroatoms. The van der Waals surface area contributed by atoms with Gasteiger partial charge in [0.25, 0.3) is 5.78 Å². The molecule has 6 nitrogen and oxygen atoms in total. The summed E-state index contributed by atoms with van der Waals surface area (Å²) < 4.78 is 6.54. The molecule has 1 aromatic heterocycles. The zero-order chi connectivity index (χ0) is 22.7. The van der Waals surface area contributed by atoms with Crippen LogP contribution in [0.3, 0.4) is 0 Å². The van der Waals surface area contributed by atoms with Crippen LogP contribution in [-0.4, -0.2) is 28.4 Å². The molecule has 2 heterocycles. The number of benzene rings is 2. The summed E-state index contributed by atoms with van der Waals surface area (Å²) in [7, 11) is 0. The van der Waals surface area contributed by atoms with Crippen molar-refractivity contribution in [3.05, 3.63) is 81.3 Å². The van der Waals surface area contributed by atoms with E-state index in [9.17, 15) is 14.7 Å². The lowest BCUT2D eigenvalue weighted by Crippen LogP contribution is -2.29. The fourth-order valence-electron chi connectivity index (χ4n) is 3.58. The van der Waals surface area contributed by atoms with Crippen molar-refractivity contribution in [2.45, 2.75) is 25.8 Å². The second-order valence-corrected chi connectivity index (χ2v) is 9.06. The summed E-state index contributed by atoms with van der Waals surface area (Å²) in [4.78, 5) is 31.7. The van der Waals surface area contributed by atoms with E-state index in [1.54, 1.807) is 35.8 Å². The number of halogens is 1. The number of anilines is 1. The first kappa shape index (κ1) is 22.2. The van der Waals surface area contributed by atoms with Crippen LogP contribution in [-0.2, 0) is 9.59 Å². The lowest BCUT2D eigenvalue weighted by Gasteiger charge is -2.23. The van der Waals surface area contributed by atoms with Gasteiger partial charge < -0.3 is 9.84 Å². The molecule has 1 aliphatic rings. The van der Waals surface area contributed by atoms with E-state index < -0.39 is 17.7 Å². The van der Waals surface area contributed by atoms with Gasteiger partial charge >= 0.3 is 5.91 Å². The Balaban J connectivity index is 1.83. The number of aliphatic hydroxyl groups excluding tert-OH is 1. The lowest BCUT2D eigenvalue weighted by atomic mass is 9.95. The molecule has 2 aromatic carbocycles. The predicted molar refractivity (Wildman–Crippen MR) is 128 cm³/mol. The van der Waals surface area contributed by atoms with Crippen molar-refractivity contribution in [2.75, 3.05) is 11.5 Å². The molecular weight excluding hydrogens is 492 g/mol. The van der Waals surface area contributed by atoms with Crippen LogP contribution in [0.2, 0.25) is 0 Å². The minimum Gasteiger partial charge on any atom is -0.507 e. The second-order valence-electron chi connectivity index (χ2n) is 7.27. The van der Waals surface area contributed by atoms with Crippen molar-refractivity contribution in [1.82, 2.24) is 4.98 Å². The van der Waals surface area contributed by atoms with Gasteiger partial charge in [-0.05, 0) is 36.2 Å². The van der Waals surface area contributed by atoms with Crippen LogP contribution in [0, 0.1) is 0 Å². The predicted octanol–water partition coefficient (Wildman–Crippen LogP) is 5.71. The SMILES string of the molecule is CCCCOc1cccc(/C(O)=C2\C(=O)C(=O)N(c3nccs3)C2c2cccc(Br)c2)c1. The minimum atomic E-state index is -0.802. The van der Waals surface area contributed by atoms with E-state index in [0.717, 1.165) is 17.3 Å². The molecule has 32 heavy (non-hydrogen) atoms. The van der Waals surface area contributed by atoms with Gasteiger partial charge in [0, 0.05) is 21.6 Å². The first-order valence-corrected chi connectivity index (χ1v) is 11.9. The molecule has 1 saturated heterocycles. The summed E-state index contributed by atoms with van der Waals surface area (Å²) in [6, 6.07) is 13.4. The zero-order valence-corrected chi connectivity index (χ0v) is 19.7. The van der Waals surface area contributed by atoms with Crippen molar-refractivity contribution in [3.63, 3.8) is 0 Å². The monoisotopic (exact) mass is 512 g/mol. The second kappa shape index (κ2) is 9.67. The average Bonchev–Trinajstić information content (AvgIpc) is 3.41. The number of rotatable bonds is 7. The van der Waals surface area contributed by atoms with E-state index in [1.165, 1.54) is 16.2 Å². The summed E-state index contributed by atoms with van der Waals surface area (Å²) in [5.74, 6) is -1.12. The summed E-state index contributed by atoms with van der Waals surface area (Å²) >= 11 is 4.71. The molecule has 0 spiro atoms. The Labute approximate surface area is 198 Å². The highest BCUT2D eigenvalue weighted by Crippen LogP contribution is 2.43. The average molecular weight is 513 g/mol. The van der Waals surface area contributed by atoms with Crippen LogP contribution < -0.4 is 9.64 Å². The number of unbranched alkanes of at least 4 members (excludes halogenated alkanes) is 1. The van der Waals surface area contributed by atoms with E-state index >= 15 is 0 Å². The Morgan fingerprint density at radius 3 is 2.75 bits per heavy atom. The van der Waals surface area contributed by atoms with Gasteiger partial charge in [-0.1, -0.05) is 53.5 Å². The summed E-state index contributed by atoms with van der Waals surface area (Å²) in [6.45, 7) is 2.64. The Bertz CT molecular complexity index is 1180. The molecule has 0 bridgehead atoms. The first-order valence-electron chi connectivity index (χ1n) is 10.2. The van der Waals surface area contributed by atoms with E-state index in [4.69, 9.17) is 4.74 Å². The molecule has 1 aliphatic heterocycles. The van der Waals surface area contributed by atoms with Gasteiger partial charge in [0.1, 0.15) is 11.5 Å². The van der Waals surface area contributed by atoms with Crippen molar-refractivity contribution < 1.29 is 19.4 Å². The maximum absolute atomic E-state index is 13.1. The van der Waals surface area contributed by atoms with E-state index in [1.807, 2.05) is 24.3 Å². The zero-order valence-electron chi connectivity index (χ0n) is 17.3. The van der Waals surface area contributed by atoms with E-state index in [0.29, 0.717) is 28.6 Å². The largest absolute Gasteiger partial charge is 0.507 e.